The summed E-state index contributed by atoms with van der Waals surface area (Å²) in [6.45, 7) is 1.19. The summed E-state index contributed by atoms with van der Waals surface area (Å²) >= 11 is 12.6. The molecule has 1 saturated heterocycles. The van der Waals surface area contributed by atoms with Gasteiger partial charge in [0.05, 0.1) is 17.0 Å². The number of halogens is 2. The Kier molecular flexibility index (Phi) is 8.11. The van der Waals surface area contributed by atoms with Crippen molar-refractivity contribution in [1.29, 1.82) is 5.26 Å². The molecule has 4 rings (SSSR count). The average Bonchev–Trinajstić information content (AvgIpc) is 3.15. The van der Waals surface area contributed by atoms with Crippen molar-refractivity contribution in [3.63, 3.8) is 0 Å². The molecule has 3 aromatic rings. The summed E-state index contributed by atoms with van der Waals surface area (Å²) in [5, 5.41) is 20.9. The van der Waals surface area contributed by atoms with Crippen LogP contribution in [0.25, 0.3) is 6.08 Å². The molecule has 0 spiro atoms. The summed E-state index contributed by atoms with van der Waals surface area (Å²) < 4.78 is 14.4. The Balaban J connectivity index is 1.59. The lowest BCUT2D eigenvalue weighted by Gasteiger charge is -2.18. The first-order valence-electron chi connectivity index (χ1n) is 11.3. The molecule has 1 amide bonds. The van der Waals surface area contributed by atoms with Gasteiger partial charge in [-0.3, -0.25) is 23.9 Å². The fourth-order valence-corrected chi connectivity index (χ4v) is 5.47. The number of thioether (sulfide) groups is 1. The second-order valence-corrected chi connectivity index (χ2v) is 10.4. The average molecular weight is 568 g/mol. The SMILES string of the molecule is Cc1c(C(=O)CCN2C(=O)/C(=C/c3ccc(F)cc3)SC2=S)c(O)n(Cc2ccccc2Cl)c(=O)c1C#N. The van der Waals surface area contributed by atoms with E-state index in [1.54, 1.807) is 30.3 Å². The van der Waals surface area contributed by atoms with Gasteiger partial charge in [-0.05, 0) is 47.9 Å². The Morgan fingerprint density at radius 3 is 2.55 bits per heavy atom. The number of benzene rings is 2. The minimum atomic E-state index is -0.748. The number of rotatable bonds is 7. The number of carbonyl (C=O) groups excluding carboxylic acids is 2. The monoisotopic (exact) mass is 567 g/mol. The molecular formula is C27H19ClFN3O4S2. The second kappa shape index (κ2) is 11.3. The molecule has 0 bridgehead atoms. The fourth-order valence-electron chi connectivity index (χ4n) is 3.97. The predicted molar refractivity (Wildman–Crippen MR) is 148 cm³/mol. The molecule has 1 N–H and O–H groups in total. The van der Waals surface area contributed by atoms with Crippen molar-refractivity contribution in [2.75, 3.05) is 6.54 Å². The van der Waals surface area contributed by atoms with Gasteiger partial charge in [-0.1, -0.05) is 65.9 Å². The molecule has 7 nitrogen and oxygen atoms in total. The van der Waals surface area contributed by atoms with Crippen molar-refractivity contribution >= 4 is 57.7 Å². The lowest BCUT2D eigenvalue weighted by molar-refractivity contribution is -0.122. The molecule has 2 aromatic carbocycles. The van der Waals surface area contributed by atoms with Crippen LogP contribution >= 0.6 is 35.6 Å². The zero-order chi connectivity index (χ0) is 27.6. The Labute approximate surface area is 231 Å². The van der Waals surface area contributed by atoms with Crippen molar-refractivity contribution in [3.8, 4) is 11.9 Å². The summed E-state index contributed by atoms with van der Waals surface area (Å²) in [6.07, 6.45) is 1.36. The van der Waals surface area contributed by atoms with Gasteiger partial charge in [-0.25, -0.2) is 4.39 Å². The highest BCUT2D eigenvalue weighted by Gasteiger charge is 2.33. The van der Waals surface area contributed by atoms with E-state index in [9.17, 15) is 29.1 Å². The molecule has 1 aliphatic rings. The number of nitrogens with zero attached hydrogens (tertiary/aromatic N) is 3. The number of nitriles is 1. The Bertz CT molecular complexity index is 1610. The van der Waals surface area contributed by atoms with Gasteiger partial charge in [0.2, 0.25) is 5.88 Å². The van der Waals surface area contributed by atoms with E-state index in [0.29, 0.717) is 21.1 Å². The molecule has 0 unspecified atom stereocenters. The third kappa shape index (κ3) is 5.41. The minimum absolute atomic E-state index is 0.0528. The van der Waals surface area contributed by atoms with Crippen LogP contribution in [0, 0.1) is 24.1 Å². The predicted octanol–water partition coefficient (Wildman–Crippen LogP) is 5.05. The van der Waals surface area contributed by atoms with E-state index in [1.165, 1.54) is 36.1 Å². The summed E-state index contributed by atoms with van der Waals surface area (Å²) in [5.74, 6) is -1.96. The molecule has 1 aliphatic heterocycles. The molecule has 2 heterocycles. The molecule has 11 heteroatoms. The number of carbonyl (C=O) groups is 2. The molecule has 0 saturated carbocycles. The van der Waals surface area contributed by atoms with E-state index in [2.05, 4.69) is 0 Å². The topological polar surface area (TPSA) is 103 Å². The fraction of sp³-hybridized carbons (Fsp3) is 0.148. The molecule has 1 fully saturated rings. The van der Waals surface area contributed by atoms with Crippen LogP contribution in [0.5, 0.6) is 5.88 Å². The van der Waals surface area contributed by atoms with Crippen LogP contribution in [0.4, 0.5) is 4.39 Å². The number of pyridine rings is 1. The van der Waals surface area contributed by atoms with E-state index < -0.39 is 28.9 Å². The van der Waals surface area contributed by atoms with E-state index in [0.717, 1.165) is 16.3 Å². The van der Waals surface area contributed by atoms with E-state index in [-0.39, 0.29) is 40.5 Å². The van der Waals surface area contributed by atoms with Crippen LogP contribution in [0.15, 0.2) is 58.2 Å². The van der Waals surface area contributed by atoms with Gasteiger partial charge in [0.1, 0.15) is 21.8 Å². The number of hydrogen-bond acceptors (Lipinski definition) is 7. The molecular weight excluding hydrogens is 549 g/mol. The number of aromatic hydroxyl groups is 1. The third-order valence-electron chi connectivity index (χ3n) is 5.97. The maximum Gasteiger partial charge on any atom is 0.271 e. The second-order valence-electron chi connectivity index (χ2n) is 8.35. The summed E-state index contributed by atoms with van der Waals surface area (Å²) in [5.41, 5.74) is -0.0121. The first-order valence-corrected chi connectivity index (χ1v) is 12.9. The quantitative estimate of drug-likeness (QED) is 0.242. The molecule has 0 aliphatic carbocycles. The van der Waals surface area contributed by atoms with Gasteiger partial charge in [-0.2, -0.15) is 5.26 Å². The zero-order valence-electron chi connectivity index (χ0n) is 19.9. The van der Waals surface area contributed by atoms with Crippen LogP contribution in [-0.4, -0.2) is 37.1 Å². The van der Waals surface area contributed by atoms with Crippen molar-refractivity contribution in [2.24, 2.45) is 0 Å². The van der Waals surface area contributed by atoms with Crippen LogP contribution in [-0.2, 0) is 11.3 Å². The third-order valence-corrected chi connectivity index (χ3v) is 7.72. The van der Waals surface area contributed by atoms with Crippen molar-refractivity contribution in [2.45, 2.75) is 19.9 Å². The molecule has 38 heavy (non-hydrogen) atoms. The zero-order valence-corrected chi connectivity index (χ0v) is 22.3. The van der Waals surface area contributed by atoms with E-state index in [4.69, 9.17) is 23.8 Å². The highest BCUT2D eigenvalue weighted by molar-refractivity contribution is 8.26. The van der Waals surface area contributed by atoms with Gasteiger partial charge in [-0.15, -0.1) is 0 Å². The number of hydrogen-bond donors (Lipinski definition) is 1. The molecule has 0 radical (unpaired) electrons. The number of ketones is 1. The lowest BCUT2D eigenvalue weighted by Crippen LogP contribution is -2.31. The maximum atomic E-state index is 13.3. The van der Waals surface area contributed by atoms with Crippen LogP contribution < -0.4 is 5.56 Å². The smallest absolute Gasteiger partial charge is 0.271 e. The van der Waals surface area contributed by atoms with Crippen LogP contribution in [0.2, 0.25) is 5.02 Å². The van der Waals surface area contributed by atoms with E-state index >= 15 is 0 Å². The normalized spacial score (nSPS) is 14.3. The van der Waals surface area contributed by atoms with Gasteiger partial charge in [0.25, 0.3) is 11.5 Å². The van der Waals surface area contributed by atoms with Gasteiger partial charge in [0, 0.05) is 18.0 Å². The number of Topliss-reactive ketones (excluding diaryl/α,β-unsaturated/α-hetero) is 1. The molecule has 0 atom stereocenters. The largest absolute Gasteiger partial charge is 0.494 e. The van der Waals surface area contributed by atoms with E-state index in [1.807, 2.05) is 6.07 Å². The standard InChI is InChI=1S/C27H19ClFN3O4S2/c1-15-19(13-30)24(34)32(14-17-4-2-3-5-20(17)28)26(36)23(15)21(33)10-11-31-25(35)22(38-27(31)37)12-16-6-8-18(29)9-7-16/h2-9,12,36H,10-11,14H2,1H3/b22-12-. The summed E-state index contributed by atoms with van der Waals surface area (Å²) in [4.78, 5) is 40.7. The number of amides is 1. The maximum absolute atomic E-state index is 13.3. The Morgan fingerprint density at radius 1 is 1.21 bits per heavy atom. The van der Waals surface area contributed by atoms with Crippen LogP contribution in [0.1, 0.15) is 39.0 Å². The van der Waals surface area contributed by atoms with Crippen molar-refractivity contribution in [1.82, 2.24) is 9.47 Å². The highest BCUT2D eigenvalue weighted by Crippen LogP contribution is 2.33. The lowest BCUT2D eigenvalue weighted by atomic mass is 9.99. The van der Waals surface area contributed by atoms with Crippen molar-refractivity contribution < 1.29 is 19.1 Å². The number of aromatic nitrogens is 1. The van der Waals surface area contributed by atoms with Crippen molar-refractivity contribution in [3.05, 3.63) is 102 Å². The first-order chi connectivity index (χ1) is 18.1. The van der Waals surface area contributed by atoms with Gasteiger partial charge >= 0.3 is 0 Å². The number of thiocarbonyl (C=S) groups is 1. The highest BCUT2D eigenvalue weighted by atomic mass is 35.5. The minimum Gasteiger partial charge on any atom is -0.494 e. The Morgan fingerprint density at radius 2 is 1.89 bits per heavy atom. The molecule has 192 valence electrons. The van der Waals surface area contributed by atoms with Gasteiger partial charge < -0.3 is 5.11 Å². The molecule has 1 aromatic heterocycles. The Hall–Kier alpha value is -3.78. The summed E-state index contributed by atoms with van der Waals surface area (Å²) in [6, 6.07) is 14.1. The van der Waals surface area contributed by atoms with Crippen LogP contribution in [0.3, 0.4) is 0 Å². The summed E-state index contributed by atoms with van der Waals surface area (Å²) in [7, 11) is 0. The van der Waals surface area contributed by atoms with Gasteiger partial charge in [0.15, 0.2) is 5.78 Å². The first kappa shape index (κ1) is 27.3.